The van der Waals surface area contributed by atoms with Crippen LogP contribution >= 0.6 is 0 Å². The van der Waals surface area contributed by atoms with Crippen LogP contribution in [0.3, 0.4) is 0 Å². The van der Waals surface area contributed by atoms with Gasteiger partial charge in [0.1, 0.15) is 13.2 Å². The molecule has 0 aromatic carbocycles. The van der Waals surface area contributed by atoms with Crippen molar-refractivity contribution in [3.05, 3.63) is 72.9 Å². The molecule has 1 atom stereocenters. The molecular weight excluding hydrogens is 1020 g/mol. The summed E-state index contributed by atoms with van der Waals surface area (Å²) in [6.07, 6.45) is 93.7. The lowest BCUT2D eigenvalue weighted by molar-refractivity contribution is -0.167. The van der Waals surface area contributed by atoms with Crippen molar-refractivity contribution >= 4 is 17.9 Å². The summed E-state index contributed by atoms with van der Waals surface area (Å²) in [5.74, 6) is -0.875. The Morgan fingerprint density at radius 1 is 0.253 bits per heavy atom. The third-order valence-corrected chi connectivity index (χ3v) is 16.2. The molecule has 0 radical (unpaired) electrons. The Kier molecular flexibility index (Phi) is 68.6. The van der Waals surface area contributed by atoms with E-state index < -0.39 is 6.10 Å². The lowest BCUT2D eigenvalue weighted by Gasteiger charge is -2.18. The molecule has 83 heavy (non-hydrogen) atoms. The molecule has 0 aromatic heterocycles. The maximum absolute atomic E-state index is 12.9. The molecular formula is C77H138O6. The van der Waals surface area contributed by atoms with E-state index in [1.165, 1.54) is 244 Å². The van der Waals surface area contributed by atoms with Crippen molar-refractivity contribution in [1.29, 1.82) is 0 Å². The highest BCUT2D eigenvalue weighted by molar-refractivity contribution is 5.71. The minimum atomic E-state index is -0.784. The zero-order valence-corrected chi connectivity index (χ0v) is 55.5. The smallest absolute Gasteiger partial charge is 0.306 e. The lowest BCUT2D eigenvalue weighted by Crippen LogP contribution is -2.30. The van der Waals surface area contributed by atoms with Crippen LogP contribution in [0.1, 0.15) is 380 Å². The van der Waals surface area contributed by atoms with Crippen molar-refractivity contribution < 1.29 is 28.6 Å². The summed E-state index contributed by atoms with van der Waals surface area (Å²) in [4.78, 5) is 38.4. The molecule has 0 saturated carbocycles. The van der Waals surface area contributed by atoms with Gasteiger partial charge in [-0.1, -0.05) is 325 Å². The van der Waals surface area contributed by atoms with Crippen molar-refractivity contribution in [3.8, 4) is 0 Å². The van der Waals surface area contributed by atoms with Crippen LogP contribution in [0, 0.1) is 0 Å². The van der Waals surface area contributed by atoms with Crippen molar-refractivity contribution in [2.24, 2.45) is 0 Å². The van der Waals surface area contributed by atoms with E-state index >= 15 is 0 Å². The Morgan fingerprint density at radius 2 is 0.470 bits per heavy atom. The molecule has 0 aliphatic carbocycles. The quantitative estimate of drug-likeness (QED) is 0.0261. The van der Waals surface area contributed by atoms with Gasteiger partial charge < -0.3 is 14.2 Å². The Bertz CT molecular complexity index is 1520. The molecule has 0 spiro atoms. The predicted molar refractivity (Wildman–Crippen MR) is 362 cm³/mol. The first-order chi connectivity index (χ1) is 41.0. The highest BCUT2D eigenvalue weighted by Crippen LogP contribution is 2.18. The molecule has 1 unspecified atom stereocenters. The topological polar surface area (TPSA) is 78.9 Å². The van der Waals surface area contributed by atoms with Crippen molar-refractivity contribution in [2.45, 2.75) is 386 Å². The van der Waals surface area contributed by atoms with Gasteiger partial charge in [-0.2, -0.15) is 0 Å². The van der Waals surface area contributed by atoms with Gasteiger partial charge in [0, 0.05) is 19.3 Å². The molecule has 482 valence electrons. The number of ether oxygens (including phenoxy) is 3. The van der Waals surface area contributed by atoms with Crippen LogP contribution < -0.4 is 0 Å². The average Bonchev–Trinajstić information content (AvgIpc) is 3.49. The number of allylic oxidation sites excluding steroid dienone is 12. The molecule has 0 N–H and O–H groups in total. The Morgan fingerprint density at radius 3 is 0.759 bits per heavy atom. The number of rotatable bonds is 67. The second-order valence-electron chi connectivity index (χ2n) is 24.5. The number of carbonyl (C=O) groups is 3. The molecule has 6 nitrogen and oxygen atoms in total. The number of hydrogen-bond acceptors (Lipinski definition) is 6. The Hall–Kier alpha value is -3.15. The van der Waals surface area contributed by atoms with Crippen molar-refractivity contribution in [2.75, 3.05) is 13.2 Å². The molecule has 6 heteroatoms. The van der Waals surface area contributed by atoms with Gasteiger partial charge in [0.05, 0.1) is 0 Å². The summed E-state index contributed by atoms with van der Waals surface area (Å²) in [7, 11) is 0. The van der Waals surface area contributed by atoms with Crippen molar-refractivity contribution in [1.82, 2.24) is 0 Å². The predicted octanol–water partition coefficient (Wildman–Crippen LogP) is 25.2. The Balaban J connectivity index is 4.19. The molecule has 0 fully saturated rings. The third kappa shape index (κ3) is 69.5. The van der Waals surface area contributed by atoms with Crippen LogP contribution in [0.4, 0.5) is 0 Å². The van der Waals surface area contributed by atoms with E-state index in [1.807, 2.05) is 0 Å². The summed E-state index contributed by atoms with van der Waals surface area (Å²) in [6.45, 7) is 6.55. The van der Waals surface area contributed by atoms with Gasteiger partial charge in [0.25, 0.3) is 0 Å². The zero-order valence-electron chi connectivity index (χ0n) is 55.5. The number of hydrogen-bond donors (Lipinski definition) is 0. The third-order valence-electron chi connectivity index (χ3n) is 16.2. The van der Waals surface area contributed by atoms with Gasteiger partial charge in [-0.05, 0) is 109 Å². The van der Waals surface area contributed by atoms with E-state index in [-0.39, 0.29) is 31.1 Å². The van der Waals surface area contributed by atoms with Gasteiger partial charge in [0.2, 0.25) is 0 Å². The molecule has 0 heterocycles. The number of carbonyl (C=O) groups excluding carboxylic acids is 3. The van der Waals surface area contributed by atoms with E-state index in [0.717, 1.165) is 96.3 Å². The maximum atomic E-state index is 12.9. The average molecular weight is 1160 g/mol. The fourth-order valence-electron chi connectivity index (χ4n) is 10.7. The second-order valence-corrected chi connectivity index (χ2v) is 24.5. The summed E-state index contributed by atoms with van der Waals surface area (Å²) in [6, 6.07) is 0. The summed E-state index contributed by atoms with van der Waals surface area (Å²) in [5.41, 5.74) is 0. The van der Waals surface area contributed by atoms with Gasteiger partial charge in [-0.15, -0.1) is 0 Å². The van der Waals surface area contributed by atoms with Crippen molar-refractivity contribution in [3.63, 3.8) is 0 Å². The summed E-state index contributed by atoms with van der Waals surface area (Å²) < 4.78 is 17.0. The molecule has 0 saturated heterocycles. The maximum Gasteiger partial charge on any atom is 0.306 e. The SMILES string of the molecule is CC/C=C\C/C=C\C/C=C\C/C=C\CCCCCCCCCCC(=O)OC(COC(=O)CCCCCCC/C=C\CCCCCC)COC(=O)CCCCCCCCCCCCCCCCCCCCC/C=C\CCCCCCCCCC. The first kappa shape index (κ1) is 79.8. The highest BCUT2D eigenvalue weighted by atomic mass is 16.6. The monoisotopic (exact) mass is 1160 g/mol. The first-order valence-corrected chi connectivity index (χ1v) is 36.4. The molecule has 0 aromatic rings. The Labute approximate surface area is 516 Å². The van der Waals surface area contributed by atoms with Crippen LogP contribution in [-0.4, -0.2) is 37.2 Å². The van der Waals surface area contributed by atoms with Crippen LogP contribution in [-0.2, 0) is 28.6 Å². The zero-order chi connectivity index (χ0) is 59.9. The summed E-state index contributed by atoms with van der Waals surface area (Å²) >= 11 is 0. The van der Waals surface area contributed by atoms with Crippen LogP contribution in [0.15, 0.2) is 72.9 Å². The van der Waals surface area contributed by atoms with E-state index in [9.17, 15) is 14.4 Å². The van der Waals surface area contributed by atoms with Crippen LogP contribution in [0.2, 0.25) is 0 Å². The van der Waals surface area contributed by atoms with Gasteiger partial charge in [-0.3, -0.25) is 14.4 Å². The van der Waals surface area contributed by atoms with Crippen LogP contribution in [0.5, 0.6) is 0 Å². The fourth-order valence-corrected chi connectivity index (χ4v) is 10.7. The normalized spacial score (nSPS) is 12.5. The first-order valence-electron chi connectivity index (χ1n) is 36.4. The lowest BCUT2D eigenvalue weighted by atomic mass is 10.0. The van der Waals surface area contributed by atoms with Gasteiger partial charge in [0.15, 0.2) is 6.10 Å². The highest BCUT2D eigenvalue weighted by Gasteiger charge is 2.19. The number of esters is 3. The standard InChI is InChI=1S/C77H138O6/c1-4-7-10-13-16-19-22-25-27-29-31-33-34-35-36-37-38-39-40-41-42-44-45-47-49-52-55-58-61-64-67-70-76(79)82-73-74(72-81-75(78)69-66-63-60-57-54-51-24-21-18-15-12-9-6-3)83-77(80)71-68-65-62-59-56-53-50-48-46-43-32-30-28-26-23-20-17-14-11-8-5-2/h8,11,17,20-21,24,26,28-29,31-32,43,74H,4-7,9-10,12-16,18-19,22-23,25,27,30,33-42,44-73H2,1-3H3/b11-8-,20-17-,24-21-,28-26-,31-29-,43-32-. The fraction of sp³-hybridized carbons (Fsp3) is 0.805. The molecule has 0 aliphatic heterocycles. The summed E-state index contributed by atoms with van der Waals surface area (Å²) in [5, 5.41) is 0. The molecule has 0 amide bonds. The van der Waals surface area contributed by atoms with E-state index in [0.29, 0.717) is 19.3 Å². The molecule has 0 aliphatic rings. The van der Waals surface area contributed by atoms with E-state index in [1.54, 1.807) is 0 Å². The minimum absolute atomic E-state index is 0.0780. The number of unbranched alkanes of at least 4 members (excludes halogenated alkanes) is 44. The second kappa shape index (κ2) is 71.3. The van der Waals surface area contributed by atoms with E-state index in [2.05, 4.69) is 93.7 Å². The van der Waals surface area contributed by atoms with Crippen LogP contribution in [0.25, 0.3) is 0 Å². The largest absolute Gasteiger partial charge is 0.462 e. The molecule has 0 bridgehead atoms. The van der Waals surface area contributed by atoms with Gasteiger partial charge in [-0.25, -0.2) is 0 Å². The molecule has 0 rings (SSSR count). The van der Waals surface area contributed by atoms with Gasteiger partial charge >= 0.3 is 17.9 Å². The van der Waals surface area contributed by atoms with E-state index in [4.69, 9.17) is 14.2 Å². The minimum Gasteiger partial charge on any atom is -0.462 e.